The molecule has 0 fully saturated rings. The van der Waals surface area contributed by atoms with Gasteiger partial charge in [0.1, 0.15) is 12.4 Å². The van der Waals surface area contributed by atoms with Crippen molar-refractivity contribution < 1.29 is 8.95 Å². The smallest absolute Gasteiger partial charge is 0.123 e. The largest absolute Gasteiger partial charge is 0.492 e. The highest BCUT2D eigenvalue weighted by Crippen LogP contribution is 2.17. The van der Waals surface area contributed by atoms with Crippen molar-refractivity contribution in [3.05, 3.63) is 60.2 Å². The standard InChI is InChI=1S/C15H17NO2S/c16-12-13-6-4-5-9-15(13)18-10-11-19(17)14-7-2-1-3-8-14/h1-9H,10-12,16H2. The van der Waals surface area contributed by atoms with Crippen molar-refractivity contribution in [1.82, 2.24) is 0 Å². The van der Waals surface area contributed by atoms with Gasteiger partial charge >= 0.3 is 0 Å². The predicted octanol–water partition coefficient (Wildman–Crippen LogP) is 2.33. The Balaban J connectivity index is 1.88. The van der Waals surface area contributed by atoms with Crippen LogP contribution in [0.5, 0.6) is 5.75 Å². The Bertz CT molecular complexity index is 543. The lowest BCUT2D eigenvalue weighted by Gasteiger charge is -2.09. The molecule has 2 N–H and O–H groups in total. The Morgan fingerprint density at radius 1 is 1.00 bits per heavy atom. The highest BCUT2D eigenvalue weighted by Gasteiger charge is 2.05. The van der Waals surface area contributed by atoms with Crippen LogP contribution in [0.15, 0.2) is 59.5 Å². The van der Waals surface area contributed by atoms with Crippen LogP contribution < -0.4 is 10.5 Å². The van der Waals surface area contributed by atoms with Gasteiger partial charge in [-0.3, -0.25) is 4.21 Å². The SMILES string of the molecule is NCc1ccccc1OCCS(=O)c1ccccc1. The third-order valence-electron chi connectivity index (χ3n) is 2.72. The molecule has 0 radical (unpaired) electrons. The van der Waals surface area contributed by atoms with E-state index in [9.17, 15) is 4.21 Å². The van der Waals surface area contributed by atoms with E-state index in [-0.39, 0.29) is 0 Å². The highest BCUT2D eigenvalue weighted by molar-refractivity contribution is 7.85. The molecule has 0 aliphatic heterocycles. The molecule has 19 heavy (non-hydrogen) atoms. The van der Waals surface area contributed by atoms with Crippen LogP contribution in [0, 0.1) is 0 Å². The first-order valence-electron chi connectivity index (χ1n) is 6.15. The van der Waals surface area contributed by atoms with Crippen molar-refractivity contribution in [2.75, 3.05) is 12.4 Å². The third kappa shape index (κ3) is 3.91. The van der Waals surface area contributed by atoms with E-state index >= 15 is 0 Å². The van der Waals surface area contributed by atoms with Crippen molar-refractivity contribution in [3.63, 3.8) is 0 Å². The summed E-state index contributed by atoms with van der Waals surface area (Å²) in [5.41, 5.74) is 6.60. The number of para-hydroxylation sites is 1. The summed E-state index contributed by atoms with van der Waals surface area (Å²) in [5.74, 6) is 1.25. The molecule has 0 heterocycles. The molecule has 2 aromatic rings. The van der Waals surface area contributed by atoms with Crippen molar-refractivity contribution in [3.8, 4) is 5.75 Å². The van der Waals surface area contributed by atoms with Gasteiger partial charge in [0, 0.05) is 17.0 Å². The molecular formula is C15H17NO2S. The van der Waals surface area contributed by atoms with Crippen LogP contribution in [-0.2, 0) is 17.3 Å². The topological polar surface area (TPSA) is 52.3 Å². The van der Waals surface area contributed by atoms with Crippen LogP contribution >= 0.6 is 0 Å². The quantitative estimate of drug-likeness (QED) is 0.880. The normalized spacial score (nSPS) is 12.1. The summed E-state index contributed by atoms with van der Waals surface area (Å²) < 4.78 is 17.6. The molecule has 2 rings (SSSR count). The zero-order chi connectivity index (χ0) is 13.5. The van der Waals surface area contributed by atoms with E-state index in [0.717, 1.165) is 16.2 Å². The summed E-state index contributed by atoms with van der Waals surface area (Å²) in [6.45, 7) is 0.858. The van der Waals surface area contributed by atoms with Crippen molar-refractivity contribution >= 4 is 10.8 Å². The molecule has 100 valence electrons. The summed E-state index contributed by atoms with van der Waals surface area (Å²) in [6.07, 6.45) is 0. The minimum absolute atomic E-state index is 0.415. The van der Waals surface area contributed by atoms with Crippen LogP contribution in [0.4, 0.5) is 0 Å². The van der Waals surface area contributed by atoms with Gasteiger partial charge in [-0.05, 0) is 18.2 Å². The Morgan fingerprint density at radius 2 is 1.68 bits per heavy atom. The van der Waals surface area contributed by atoms with E-state index in [1.165, 1.54) is 0 Å². The fourth-order valence-electron chi connectivity index (χ4n) is 1.73. The average molecular weight is 275 g/mol. The Hall–Kier alpha value is -1.65. The Morgan fingerprint density at radius 3 is 2.42 bits per heavy atom. The highest BCUT2D eigenvalue weighted by atomic mass is 32.2. The molecule has 0 aliphatic carbocycles. The number of ether oxygens (including phenoxy) is 1. The minimum atomic E-state index is -1.02. The molecule has 0 spiro atoms. The first kappa shape index (κ1) is 13.8. The number of nitrogens with two attached hydrogens (primary N) is 1. The molecule has 3 nitrogen and oxygen atoms in total. The summed E-state index contributed by atoms with van der Waals surface area (Å²) >= 11 is 0. The van der Waals surface area contributed by atoms with Gasteiger partial charge in [-0.1, -0.05) is 36.4 Å². The van der Waals surface area contributed by atoms with Gasteiger partial charge in [-0.15, -0.1) is 0 Å². The second-order valence-electron chi connectivity index (χ2n) is 4.02. The fourth-order valence-corrected chi connectivity index (χ4v) is 2.66. The zero-order valence-corrected chi connectivity index (χ0v) is 11.4. The number of rotatable bonds is 6. The van der Waals surface area contributed by atoms with Crippen LogP contribution in [0.1, 0.15) is 5.56 Å². The fraction of sp³-hybridized carbons (Fsp3) is 0.200. The average Bonchev–Trinajstić information content (AvgIpc) is 2.48. The maximum atomic E-state index is 12.0. The van der Waals surface area contributed by atoms with Crippen LogP contribution in [0.2, 0.25) is 0 Å². The summed E-state index contributed by atoms with van der Waals surface area (Å²) in [4.78, 5) is 0.832. The van der Waals surface area contributed by atoms with E-state index in [2.05, 4.69) is 0 Å². The van der Waals surface area contributed by atoms with Gasteiger partial charge in [0.15, 0.2) is 0 Å². The molecule has 1 atom stereocenters. The van der Waals surface area contributed by atoms with E-state index in [0.29, 0.717) is 18.9 Å². The van der Waals surface area contributed by atoms with Gasteiger partial charge in [0.05, 0.1) is 16.6 Å². The minimum Gasteiger partial charge on any atom is -0.492 e. The monoisotopic (exact) mass is 275 g/mol. The molecule has 0 amide bonds. The zero-order valence-electron chi connectivity index (χ0n) is 10.6. The van der Waals surface area contributed by atoms with Crippen LogP contribution in [-0.4, -0.2) is 16.6 Å². The molecule has 0 saturated carbocycles. The second kappa shape index (κ2) is 7.07. The van der Waals surface area contributed by atoms with Crippen LogP contribution in [0.3, 0.4) is 0 Å². The molecule has 2 aromatic carbocycles. The summed E-state index contributed by atoms with van der Waals surface area (Å²) in [7, 11) is -1.02. The Kier molecular flexibility index (Phi) is 5.12. The van der Waals surface area contributed by atoms with Gasteiger partial charge in [-0.25, -0.2) is 0 Å². The molecule has 0 bridgehead atoms. The van der Waals surface area contributed by atoms with E-state index < -0.39 is 10.8 Å². The van der Waals surface area contributed by atoms with Crippen molar-refractivity contribution in [2.45, 2.75) is 11.4 Å². The van der Waals surface area contributed by atoms with Gasteiger partial charge in [-0.2, -0.15) is 0 Å². The lowest BCUT2D eigenvalue weighted by molar-refractivity contribution is 0.339. The maximum absolute atomic E-state index is 12.0. The lowest BCUT2D eigenvalue weighted by atomic mass is 10.2. The maximum Gasteiger partial charge on any atom is 0.123 e. The molecule has 0 saturated heterocycles. The molecular weight excluding hydrogens is 258 g/mol. The predicted molar refractivity (Wildman–Crippen MR) is 77.5 cm³/mol. The first-order chi connectivity index (χ1) is 9.31. The van der Waals surface area contributed by atoms with E-state index in [1.54, 1.807) is 0 Å². The van der Waals surface area contributed by atoms with Gasteiger partial charge < -0.3 is 10.5 Å². The molecule has 4 heteroatoms. The van der Waals surface area contributed by atoms with Crippen LogP contribution in [0.25, 0.3) is 0 Å². The van der Waals surface area contributed by atoms with Crippen molar-refractivity contribution in [2.24, 2.45) is 5.73 Å². The van der Waals surface area contributed by atoms with E-state index in [4.69, 9.17) is 10.5 Å². The first-order valence-corrected chi connectivity index (χ1v) is 7.47. The number of hydrogen-bond acceptors (Lipinski definition) is 3. The van der Waals surface area contributed by atoms with Gasteiger partial charge in [0.2, 0.25) is 0 Å². The molecule has 0 aromatic heterocycles. The second-order valence-corrected chi connectivity index (χ2v) is 5.59. The number of hydrogen-bond donors (Lipinski definition) is 1. The van der Waals surface area contributed by atoms with Gasteiger partial charge in [0.25, 0.3) is 0 Å². The number of benzene rings is 2. The molecule has 0 aliphatic rings. The Labute approximate surface area is 115 Å². The third-order valence-corrected chi connectivity index (χ3v) is 4.06. The van der Waals surface area contributed by atoms with Crippen molar-refractivity contribution in [1.29, 1.82) is 0 Å². The lowest BCUT2D eigenvalue weighted by Crippen LogP contribution is -2.10. The molecule has 1 unspecified atom stereocenters. The summed E-state index contributed by atoms with van der Waals surface area (Å²) in [6, 6.07) is 17.1. The summed E-state index contributed by atoms with van der Waals surface area (Å²) in [5, 5.41) is 0. The van der Waals surface area contributed by atoms with E-state index in [1.807, 2.05) is 54.6 Å².